The van der Waals surface area contributed by atoms with Crippen molar-refractivity contribution in [3.05, 3.63) is 58.1 Å². The average Bonchev–Trinajstić information content (AvgIpc) is 2.42. The normalized spacial score (nSPS) is 10.3. The van der Waals surface area contributed by atoms with Crippen LogP contribution < -0.4 is 5.32 Å². The Labute approximate surface area is 125 Å². The van der Waals surface area contributed by atoms with E-state index in [-0.39, 0.29) is 5.91 Å². The monoisotopic (exact) mass is 335 g/mol. The first-order valence-electron chi connectivity index (χ1n) is 5.82. The molecule has 2 aromatic rings. The molecule has 0 aliphatic rings. The van der Waals surface area contributed by atoms with E-state index in [1.165, 1.54) is 0 Å². The summed E-state index contributed by atoms with van der Waals surface area (Å²) >= 11 is 4.99. The van der Waals surface area contributed by atoms with Gasteiger partial charge in [-0.15, -0.1) is 11.8 Å². The molecule has 0 radical (unpaired) electrons. The van der Waals surface area contributed by atoms with Gasteiger partial charge >= 0.3 is 0 Å². The zero-order valence-electron chi connectivity index (χ0n) is 10.7. The fraction of sp³-hybridized carbons (Fsp3) is 0.133. The molecular weight excluding hydrogens is 322 g/mol. The molecule has 0 atom stereocenters. The number of carbonyl (C=O) groups is 1. The lowest BCUT2D eigenvalue weighted by Crippen LogP contribution is -2.13. The molecule has 2 aromatic carbocycles. The van der Waals surface area contributed by atoms with Gasteiger partial charge in [0.2, 0.25) is 0 Å². The van der Waals surface area contributed by atoms with Gasteiger partial charge in [0, 0.05) is 15.1 Å². The lowest BCUT2D eigenvalue weighted by atomic mass is 10.1. The summed E-state index contributed by atoms with van der Waals surface area (Å²) in [4.78, 5) is 13.3. The van der Waals surface area contributed by atoms with Gasteiger partial charge in [0.15, 0.2) is 0 Å². The van der Waals surface area contributed by atoms with Crippen LogP contribution in [0.15, 0.2) is 51.8 Å². The molecule has 0 aliphatic heterocycles. The van der Waals surface area contributed by atoms with Crippen LogP contribution in [-0.4, -0.2) is 12.2 Å². The molecular formula is C15H14BrNOS. The Balaban J connectivity index is 2.28. The van der Waals surface area contributed by atoms with Gasteiger partial charge < -0.3 is 5.32 Å². The van der Waals surface area contributed by atoms with E-state index in [1.807, 2.05) is 55.6 Å². The van der Waals surface area contributed by atoms with E-state index in [2.05, 4.69) is 21.2 Å². The van der Waals surface area contributed by atoms with Crippen LogP contribution in [0.2, 0.25) is 0 Å². The summed E-state index contributed by atoms with van der Waals surface area (Å²) in [7, 11) is 0. The number of rotatable bonds is 3. The van der Waals surface area contributed by atoms with Gasteiger partial charge in [-0.05, 0) is 43.0 Å². The third-order valence-corrected chi connectivity index (χ3v) is 4.09. The number of hydrogen-bond acceptors (Lipinski definition) is 2. The molecule has 0 saturated carbocycles. The van der Waals surface area contributed by atoms with Crippen LogP contribution in [0, 0.1) is 6.92 Å². The van der Waals surface area contributed by atoms with Gasteiger partial charge in [-0.1, -0.05) is 34.1 Å². The fourth-order valence-corrected chi connectivity index (χ4v) is 2.71. The topological polar surface area (TPSA) is 29.1 Å². The number of hydrogen-bond donors (Lipinski definition) is 1. The Bertz CT molecular complexity index is 613. The molecule has 1 N–H and O–H groups in total. The number of carbonyl (C=O) groups excluding carboxylic acids is 1. The zero-order chi connectivity index (χ0) is 13.8. The predicted molar refractivity (Wildman–Crippen MR) is 85.1 cm³/mol. The van der Waals surface area contributed by atoms with Crippen LogP contribution in [0.3, 0.4) is 0 Å². The maximum Gasteiger partial charge on any atom is 0.256 e. The molecule has 0 heterocycles. The van der Waals surface area contributed by atoms with Gasteiger partial charge in [0.05, 0.1) is 5.56 Å². The van der Waals surface area contributed by atoms with Crippen LogP contribution in [0.25, 0.3) is 0 Å². The highest BCUT2D eigenvalue weighted by Gasteiger charge is 2.11. The zero-order valence-corrected chi connectivity index (χ0v) is 13.1. The van der Waals surface area contributed by atoms with Crippen molar-refractivity contribution in [2.75, 3.05) is 11.6 Å². The second kappa shape index (κ2) is 6.26. The van der Waals surface area contributed by atoms with Crippen LogP contribution in [0.5, 0.6) is 0 Å². The highest BCUT2D eigenvalue weighted by molar-refractivity contribution is 9.10. The average molecular weight is 336 g/mol. The van der Waals surface area contributed by atoms with E-state index < -0.39 is 0 Å². The Morgan fingerprint density at radius 1 is 1.21 bits per heavy atom. The van der Waals surface area contributed by atoms with Crippen molar-refractivity contribution in [2.45, 2.75) is 11.8 Å². The molecule has 0 aromatic heterocycles. The van der Waals surface area contributed by atoms with E-state index in [1.54, 1.807) is 11.8 Å². The summed E-state index contributed by atoms with van der Waals surface area (Å²) in [6, 6.07) is 13.5. The first kappa shape index (κ1) is 14.2. The predicted octanol–water partition coefficient (Wildman–Crippen LogP) is 4.73. The SMILES string of the molecule is CSc1ccccc1C(=O)Nc1cc(Br)ccc1C. The lowest BCUT2D eigenvalue weighted by molar-refractivity contribution is 0.102. The van der Waals surface area contributed by atoms with Gasteiger partial charge in [0.1, 0.15) is 0 Å². The Kier molecular flexibility index (Phi) is 4.66. The second-order valence-electron chi connectivity index (χ2n) is 4.11. The summed E-state index contributed by atoms with van der Waals surface area (Å²) in [6.45, 7) is 1.97. The van der Waals surface area contributed by atoms with Gasteiger partial charge in [-0.25, -0.2) is 0 Å². The molecule has 2 nitrogen and oxygen atoms in total. The molecule has 0 spiro atoms. The molecule has 0 aliphatic carbocycles. The Hall–Kier alpha value is -1.26. The van der Waals surface area contributed by atoms with E-state index in [0.29, 0.717) is 5.56 Å². The molecule has 1 amide bonds. The fourth-order valence-electron chi connectivity index (χ4n) is 1.75. The third kappa shape index (κ3) is 3.39. The van der Waals surface area contributed by atoms with Crippen molar-refractivity contribution in [3.8, 4) is 0 Å². The molecule has 0 unspecified atom stereocenters. The van der Waals surface area contributed by atoms with Crippen molar-refractivity contribution in [3.63, 3.8) is 0 Å². The van der Waals surface area contributed by atoms with Gasteiger partial charge in [0.25, 0.3) is 5.91 Å². The van der Waals surface area contributed by atoms with Crippen LogP contribution >= 0.6 is 27.7 Å². The number of halogens is 1. The largest absolute Gasteiger partial charge is 0.322 e. The minimum atomic E-state index is -0.0776. The number of aryl methyl sites for hydroxylation is 1. The van der Waals surface area contributed by atoms with Crippen molar-refractivity contribution in [1.29, 1.82) is 0 Å². The first-order valence-corrected chi connectivity index (χ1v) is 7.84. The molecule has 0 fully saturated rings. The number of thioether (sulfide) groups is 1. The summed E-state index contributed by atoms with van der Waals surface area (Å²) in [5, 5.41) is 2.96. The highest BCUT2D eigenvalue weighted by Crippen LogP contribution is 2.24. The standard InChI is InChI=1S/C15H14BrNOS/c1-10-7-8-11(16)9-13(10)17-15(18)12-5-3-4-6-14(12)19-2/h3-9H,1-2H3,(H,17,18). The summed E-state index contributed by atoms with van der Waals surface area (Å²) < 4.78 is 0.951. The van der Waals surface area contributed by atoms with Gasteiger partial charge in [-0.2, -0.15) is 0 Å². The van der Waals surface area contributed by atoms with Gasteiger partial charge in [-0.3, -0.25) is 4.79 Å². The maximum absolute atomic E-state index is 12.3. The Morgan fingerprint density at radius 2 is 1.95 bits per heavy atom. The van der Waals surface area contributed by atoms with Crippen LogP contribution in [-0.2, 0) is 0 Å². The number of anilines is 1. The molecule has 0 bridgehead atoms. The third-order valence-electron chi connectivity index (χ3n) is 2.80. The Morgan fingerprint density at radius 3 is 2.68 bits per heavy atom. The highest BCUT2D eigenvalue weighted by atomic mass is 79.9. The summed E-state index contributed by atoms with van der Waals surface area (Å²) in [6.07, 6.45) is 1.97. The second-order valence-corrected chi connectivity index (χ2v) is 5.88. The quantitative estimate of drug-likeness (QED) is 0.821. The minimum absolute atomic E-state index is 0.0776. The van der Waals surface area contributed by atoms with E-state index in [0.717, 1.165) is 20.6 Å². The number of benzene rings is 2. The van der Waals surface area contributed by atoms with Crippen molar-refractivity contribution in [2.24, 2.45) is 0 Å². The molecule has 4 heteroatoms. The van der Waals surface area contributed by atoms with Crippen LogP contribution in [0.1, 0.15) is 15.9 Å². The first-order chi connectivity index (χ1) is 9.11. The molecule has 19 heavy (non-hydrogen) atoms. The van der Waals surface area contributed by atoms with E-state index in [4.69, 9.17) is 0 Å². The van der Waals surface area contributed by atoms with Crippen molar-refractivity contribution < 1.29 is 4.79 Å². The van der Waals surface area contributed by atoms with Crippen LogP contribution in [0.4, 0.5) is 5.69 Å². The number of nitrogens with one attached hydrogen (secondary N) is 1. The molecule has 0 saturated heterocycles. The molecule has 2 rings (SSSR count). The smallest absolute Gasteiger partial charge is 0.256 e. The van der Waals surface area contributed by atoms with E-state index >= 15 is 0 Å². The summed E-state index contributed by atoms with van der Waals surface area (Å²) in [5.41, 5.74) is 2.57. The minimum Gasteiger partial charge on any atom is -0.322 e. The lowest BCUT2D eigenvalue weighted by Gasteiger charge is -2.11. The maximum atomic E-state index is 12.3. The number of amides is 1. The van der Waals surface area contributed by atoms with Crippen molar-refractivity contribution >= 4 is 39.3 Å². The summed E-state index contributed by atoms with van der Waals surface area (Å²) in [5.74, 6) is -0.0776. The molecule has 98 valence electrons. The van der Waals surface area contributed by atoms with E-state index in [9.17, 15) is 4.79 Å². The van der Waals surface area contributed by atoms with Crippen molar-refractivity contribution in [1.82, 2.24) is 0 Å².